The van der Waals surface area contributed by atoms with Gasteiger partial charge < -0.3 is 9.16 Å². The zero-order valence-corrected chi connectivity index (χ0v) is 18.9. The number of ether oxygens (including phenoxy) is 1. The molecule has 0 spiro atoms. The average Bonchev–Trinajstić information content (AvgIpc) is 2.43. The van der Waals surface area contributed by atoms with Gasteiger partial charge in [0.15, 0.2) is 0 Å². The Morgan fingerprint density at radius 3 is 1.91 bits per heavy atom. The van der Waals surface area contributed by atoms with E-state index in [4.69, 9.17) is 9.16 Å². The van der Waals surface area contributed by atoms with Gasteiger partial charge in [-0.2, -0.15) is 0 Å². The largest absolute Gasteiger partial charge is 0.411 e. The molecule has 1 aliphatic rings. The number of hydrogen-bond donors (Lipinski definition) is 0. The fourth-order valence-electron chi connectivity index (χ4n) is 4.66. The molecule has 0 bridgehead atoms. The highest BCUT2D eigenvalue weighted by molar-refractivity contribution is 9.11. The molecule has 1 fully saturated rings. The molecule has 0 heterocycles. The van der Waals surface area contributed by atoms with Gasteiger partial charge in [-0.3, -0.25) is 0 Å². The van der Waals surface area contributed by atoms with Gasteiger partial charge in [-0.15, -0.1) is 0 Å². The van der Waals surface area contributed by atoms with E-state index >= 15 is 0 Å². The number of rotatable bonds is 7. The summed E-state index contributed by atoms with van der Waals surface area (Å²) in [5.41, 5.74) is 1.88. The molecular weight excluding hydrogens is 368 g/mol. The number of methoxy groups -OCH3 is 1. The molecule has 0 aromatic carbocycles. The molecular formula is C19H37BrO2Si. The Labute approximate surface area is 153 Å². The van der Waals surface area contributed by atoms with Gasteiger partial charge in [0.25, 0.3) is 0 Å². The van der Waals surface area contributed by atoms with Gasteiger partial charge in [0, 0.05) is 7.11 Å². The Morgan fingerprint density at radius 2 is 1.52 bits per heavy atom. The van der Waals surface area contributed by atoms with E-state index in [2.05, 4.69) is 70.5 Å². The second kappa shape index (κ2) is 9.16. The molecule has 23 heavy (non-hydrogen) atoms. The van der Waals surface area contributed by atoms with Crippen molar-refractivity contribution in [1.82, 2.24) is 0 Å². The third-order valence-corrected chi connectivity index (χ3v) is 12.0. The predicted molar refractivity (Wildman–Crippen MR) is 107 cm³/mol. The normalized spacial score (nSPS) is 27.3. The minimum absolute atomic E-state index is 0.222. The minimum atomic E-state index is -1.83. The summed E-state index contributed by atoms with van der Waals surface area (Å²) < 4.78 is 14.1. The molecule has 1 rings (SSSR count). The Balaban J connectivity index is 2.94. The van der Waals surface area contributed by atoms with Crippen LogP contribution in [0.15, 0.2) is 10.6 Å². The maximum atomic E-state index is 7.00. The first-order chi connectivity index (χ1) is 10.6. The van der Waals surface area contributed by atoms with Gasteiger partial charge in [-0.25, -0.2) is 0 Å². The van der Waals surface area contributed by atoms with E-state index < -0.39 is 8.32 Å². The Bertz CT molecular complexity index is 367. The van der Waals surface area contributed by atoms with Crippen LogP contribution in [0.5, 0.6) is 0 Å². The van der Waals surface area contributed by atoms with E-state index in [-0.39, 0.29) is 12.2 Å². The summed E-state index contributed by atoms with van der Waals surface area (Å²) in [5, 5.41) is 0. The molecule has 0 amide bonds. The molecule has 0 radical (unpaired) electrons. The van der Waals surface area contributed by atoms with Crippen molar-refractivity contribution in [3.63, 3.8) is 0 Å². The number of halogens is 1. The van der Waals surface area contributed by atoms with Crippen LogP contribution in [-0.2, 0) is 9.16 Å². The summed E-state index contributed by atoms with van der Waals surface area (Å²) in [4.78, 5) is 0. The fraction of sp³-hybridized carbons (Fsp3) is 0.895. The van der Waals surface area contributed by atoms with E-state index in [1.54, 1.807) is 0 Å². The number of allylic oxidation sites excluding steroid dienone is 2. The van der Waals surface area contributed by atoms with Crippen molar-refractivity contribution < 1.29 is 9.16 Å². The maximum Gasteiger partial charge on any atom is 0.200 e. The van der Waals surface area contributed by atoms with Crippen LogP contribution in [0.2, 0.25) is 16.6 Å². The third kappa shape index (κ3) is 5.16. The summed E-state index contributed by atoms with van der Waals surface area (Å²) in [6, 6.07) is 0. The summed E-state index contributed by atoms with van der Waals surface area (Å²) in [5.74, 6) is 0.604. The lowest BCUT2D eigenvalue weighted by molar-refractivity contribution is -0.0398. The van der Waals surface area contributed by atoms with E-state index in [0.717, 1.165) is 12.8 Å². The highest BCUT2D eigenvalue weighted by atomic mass is 79.9. The van der Waals surface area contributed by atoms with Crippen LogP contribution < -0.4 is 0 Å². The third-order valence-electron chi connectivity index (χ3n) is 5.60. The predicted octanol–water partition coefficient (Wildman–Crippen LogP) is 6.66. The molecule has 2 nitrogen and oxygen atoms in total. The van der Waals surface area contributed by atoms with Gasteiger partial charge in [0.1, 0.15) is 0 Å². The van der Waals surface area contributed by atoms with Crippen molar-refractivity contribution in [2.75, 3.05) is 7.11 Å². The topological polar surface area (TPSA) is 18.5 Å². The van der Waals surface area contributed by atoms with Crippen LogP contribution in [-0.4, -0.2) is 27.6 Å². The summed E-state index contributed by atoms with van der Waals surface area (Å²) in [6.07, 6.45) is 6.20. The second-order valence-corrected chi connectivity index (χ2v) is 14.7. The van der Waals surface area contributed by atoms with Crippen LogP contribution in [0.4, 0.5) is 0 Å². The first-order valence-electron chi connectivity index (χ1n) is 9.19. The lowest BCUT2D eigenvalue weighted by Crippen LogP contribution is -2.53. The molecule has 0 unspecified atom stereocenters. The average molecular weight is 405 g/mol. The molecule has 3 atom stereocenters. The van der Waals surface area contributed by atoms with E-state index in [0.29, 0.717) is 22.5 Å². The van der Waals surface area contributed by atoms with Crippen molar-refractivity contribution in [3.05, 3.63) is 10.6 Å². The van der Waals surface area contributed by atoms with Crippen LogP contribution in [0, 0.1) is 5.92 Å². The Kier molecular flexibility index (Phi) is 8.53. The first kappa shape index (κ1) is 21.4. The van der Waals surface area contributed by atoms with Crippen LogP contribution >= 0.6 is 15.9 Å². The van der Waals surface area contributed by atoms with Gasteiger partial charge in [0.05, 0.1) is 12.2 Å². The van der Waals surface area contributed by atoms with Crippen molar-refractivity contribution in [1.29, 1.82) is 0 Å². The molecule has 0 aromatic heterocycles. The molecule has 0 saturated heterocycles. The minimum Gasteiger partial charge on any atom is -0.411 e. The van der Waals surface area contributed by atoms with E-state index in [1.807, 2.05) is 7.11 Å². The highest BCUT2D eigenvalue weighted by Gasteiger charge is 2.48. The summed E-state index contributed by atoms with van der Waals surface area (Å²) in [6.45, 7) is 16.3. The summed E-state index contributed by atoms with van der Waals surface area (Å²) >= 11 is 3.57. The standard InChI is InChI=1S/C19H37BrO2Si/c1-13(2)23(14(3)4,15(5)6)22-18-10-9-17(11-16(7)20)12-19(18)21-8/h11,13-15,17-19H,9-10,12H2,1-8H3/b16-11+/t17-,18+,19+/m0/s1. The lowest BCUT2D eigenvalue weighted by atomic mass is 9.85. The first-order valence-corrected chi connectivity index (χ1v) is 12.1. The van der Waals surface area contributed by atoms with Crippen molar-refractivity contribution >= 4 is 24.2 Å². The molecule has 1 saturated carbocycles. The van der Waals surface area contributed by atoms with Crippen LogP contribution in [0.1, 0.15) is 67.7 Å². The maximum absolute atomic E-state index is 7.00. The SMILES string of the molecule is CO[C@@H]1C[C@H](/C=C(\C)Br)CC[C@H]1O[Si](C(C)C)(C(C)C)C(C)C. The highest BCUT2D eigenvalue weighted by Crippen LogP contribution is 2.45. The van der Waals surface area contributed by atoms with Crippen LogP contribution in [0.25, 0.3) is 0 Å². The fourth-order valence-corrected chi connectivity index (χ4v) is 10.6. The quantitative estimate of drug-likeness (QED) is 0.441. The van der Waals surface area contributed by atoms with E-state index in [1.165, 1.54) is 10.9 Å². The number of hydrogen-bond acceptors (Lipinski definition) is 2. The molecule has 136 valence electrons. The zero-order valence-electron chi connectivity index (χ0n) is 16.4. The zero-order chi connectivity index (χ0) is 17.8. The van der Waals surface area contributed by atoms with Gasteiger partial charge >= 0.3 is 0 Å². The molecule has 0 N–H and O–H groups in total. The van der Waals surface area contributed by atoms with E-state index in [9.17, 15) is 0 Å². The van der Waals surface area contributed by atoms with Crippen molar-refractivity contribution in [2.45, 2.75) is 96.6 Å². The van der Waals surface area contributed by atoms with Gasteiger partial charge in [-0.1, -0.05) is 63.5 Å². The smallest absolute Gasteiger partial charge is 0.200 e. The molecule has 1 aliphatic carbocycles. The van der Waals surface area contributed by atoms with Gasteiger partial charge in [0.2, 0.25) is 8.32 Å². The van der Waals surface area contributed by atoms with Crippen molar-refractivity contribution in [3.8, 4) is 0 Å². The Morgan fingerprint density at radius 1 is 1.00 bits per heavy atom. The lowest BCUT2D eigenvalue weighted by Gasteiger charge is -2.47. The van der Waals surface area contributed by atoms with Crippen LogP contribution in [0.3, 0.4) is 0 Å². The summed E-state index contributed by atoms with van der Waals surface area (Å²) in [7, 11) is 0.0130. The van der Waals surface area contributed by atoms with Crippen molar-refractivity contribution in [2.24, 2.45) is 5.92 Å². The Hall–Kier alpha value is 0.357. The van der Waals surface area contributed by atoms with Gasteiger partial charge in [-0.05, 0) is 53.2 Å². The molecule has 0 aromatic rings. The second-order valence-electron chi connectivity index (χ2n) is 8.07. The molecule has 0 aliphatic heterocycles. The monoisotopic (exact) mass is 404 g/mol. The molecule has 4 heteroatoms.